The van der Waals surface area contributed by atoms with Gasteiger partial charge in [0.05, 0.1) is 12.5 Å². The molecule has 1 N–H and O–H groups in total. The van der Waals surface area contributed by atoms with E-state index >= 15 is 0 Å². The predicted octanol–water partition coefficient (Wildman–Crippen LogP) is 1.72. The van der Waals surface area contributed by atoms with Crippen LogP contribution in [-0.4, -0.2) is 25.7 Å². The Morgan fingerprint density at radius 3 is 2.73 bits per heavy atom. The number of ether oxygens (including phenoxy) is 1. The molecule has 1 unspecified atom stereocenters. The molecule has 0 aromatic heterocycles. The van der Waals surface area contributed by atoms with Crippen molar-refractivity contribution < 1.29 is 9.53 Å². The average Bonchev–Trinajstić information content (AvgIpc) is 2.23. The van der Waals surface area contributed by atoms with E-state index in [0.717, 1.165) is 38.3 Å². The third-order valence-corrected chi connectivity index (χ3v) is 3.63. The molecule has 86 valence electrons. The lowest BCUT2D eigenvalue weighted by Gasteiger charge is -2.26. The zero-order valence-electron chi connectivity index (χ0n) is 9.34. The van der Waals surface area contributed by atoms with Crippen LogP contribution in [0.25, 0.3) is 0 Å². The fourth-order valence-corrected chi connectivity index (χ4v) is 2.28. The smallest absolute Gasteiger partial charge is 0.310 e. The first-order valence-electron chi connectivity index (χ1n) is 6.23. The summed E-state index contributed by atoms with van der Waals surface area (Å²) in [5.41, 5.74) is 0. The molecular weight excluding hydrogens is 190 g/mol. The maximum absolute atomic E-state index is 11.6. The topological polar surface area (TPSA) is 38.3 Å². The Bertz CT molecular complexity index is 208. The largest absolute Gasteiger partial charge is 0.465 e. The van der Waals surface area contributed by atoms with Crippen LogP contribution in [0.15, 0.2) is 0 Å². The van der Waals surface area contributed by atoms with E-state index in [2.05, 4.69) is 5.32 Å². The Balaban J connectivity index is 1.58. The summed E-state index contributed by atoms with van der Waals surface area (Å²) in [5, 5.41) is 3.24. The summed E-state index contributed by atoms with van der Waals surface area (Å²) in [6, 6.07) is 0. The van der Waals surface area contributed by atoms with E-state index in [4.69, 9.17) is 4.74 Å². The van der Waals surface area contributed by atoms with Gasteiger partial charge >= 0.3 is 5.97 Å². The Morgan fingerprint density at radius 2 is 2.13 bits per heavy atom. The number of piperidine rings is 1. The highest BCUT2D eigenvalue weighted by Crippen LogP contribution is 2.29. The second kappa shape index (κ2) is 5.50. The molecule has 0 spiro atoms. The molecule has 2 aliphatic rings. The van der Waals surface area contributed by atoms with Crippen LogP contribution in [0.4, 0.5) is 0 Å². The highest BCUT2D eigenvalue weighted by molar-refractivity contribution is 5.72. The van der Waals surface area contributed by atoms with Crippen LogP contribution in [0.2, 0.25) is 0 Å². The zero-order valence-corrected chi connectivity index (χ0v) is 9.34. The summed E-state index contributed by atoms with van der Waals surface area (Å²) in [6.07, 6.45) is 7.21. The Hall–Kier alpha value is -0.570. The number of rotatable bonds is 4. The fraction of sp³-hybridized carbons (Fsp3) is 0.917. The zero-order chi connectivity index (χ0) is 10.5. The molecule has 1 aliphatic heterocycles. The minimum atomic E-state index is 0.0153. The van der Waals surface area contributed by atoms with Crippen LogP contribution < -0.4 is 5.32 Å². The maximum atomic E-state index is 11.6. The van der Waals surface area contributed by atoms with Crippen LogP contribution in [0.3, 0.4) is 0 Å². The highest BCUT2D eigenvalue weighted by Gasteiger charge is 2.23. The van der Waals surface area contributed by atoms with Crippen molar-refractivity contribution in [2.45, 2.75) is 38.5 Å². The molecule has 1 atom stereocenters. The van der Waals surface area contributed by atoms with Crippen molar-refractivity contribution in [1.29, 1.82) is 0 Å². The normalized spacial score (nSPS) is 27.1. The lowest BCUT2D eigenvalue weighted by atomic mass is 9.83. The van der Waals surface area contributed by atoms with Gasteiger partial charge in [-0.3, -0.25) is 4.79 Å². The standard InChI is InChI=1S/C12H21NO2/c14-12(11-5-2-7-13-9-11)15-8-6-10-3-1-4-10/h10-11,13H,1-9H2. The number of hydrogen-bond acceptors (Lipinski definition) is 3. The van der Waals surface area contributed by atoms with Gasteiger partial charge in [-0.15, -0.1) is 0 Å². The first kappa shape index (κ1) is 10.9. The van der Waals surface area contributed by atoms with Gasteiger partial charge < -0.3 is 10.1 Å². The van der Waals surface area contributed by atoms with E-state index in [1.807, 2.05) is 0 Å². The number of carbonyl (C=O) groups excluding carboxylic acids is 1. The van der Waals surface area contributed by atoms with E-state index in [1.54, 1.807) is 0 Å². The van der Waals surface area contributed by atoms with Crippen molar-refractivity contribution in [2.24, 2.45) is 11.8 Å². The molecule has 1 saturated heterocycles. The third kappa shape index (κ3) is 3.20. The molecule has 0 aromatic carbocycles. The van der Waals surface area contributed by atoms with Crippen molar-refractivity contribution in [3.63, 3.8) is 0 Å². The highest BCUT2D eigenvalue weighted by atomic mass is 16.5. The van der Waals surface area contributed by atoms with E-state index in [-0.39, 0.29) is 11.9 Å². The summed E-state index contributed by atoms with van der Waals surface area (Å²) in [5.74, 6) is 0.962. The van der Waals surface area contributed by atoms with Crippen molar-refractivity contribution in [2.75, 3.05) is 19.7 Å². The monoisotopic (exact) mass is 211 g/mol. The van der Waals surface area contributed by atoms with Crippen molar-refractivity contribution in [1.82, 2.24) is 5.32 Å². The molecule has 0 radical (unpaired) electrons. The molecule has 0 aromatic rings. The second-order valence-corrected chi connectivity index (χ2v) is 4.80. The molecule has 2 fully saturated rings. The van der Waals surface area contributed by atoms with Gasteiger partial charge in [0.2, 0.25) is 0 Å². The van der Waals surface area contributed by atoms with Crippen LogP contribution in [0, 0.1) is 11.8 Å². The predicted molar refractivity (Wildman–Crippen MR) is 58.5 cm³/mol. The molecule has 1 aliphatic carbocycles. The molecular formula is C12H21NO2. The molecule has 15 heavy (non-hydrogen) atoms. The fourth-order valence-electron chi connectivity index (χ4n) is 2.28. The van der Waals surface area contributed by atoms with Gasteiger partial charge in [-0.05, 0) is 31.7 Å². The van der Waals surface area contributed by atoms with Crippen molar-refractivity contribution >= 4 is 5.97 Å². The molecule has 2 rings (SSSR count). The van der Waals surface area contributed by atoms with Gasteiger partial charge in [0, 0.05) is 6.54 Å². The molecule has 3 heteroatoms. The molecule has 1 saturated carbocycles. The van der Waals surface area contributed by atoms with Crippen molar-refractivity contribution in [3.8, 4) is 0 Å². The van der Waals surface area contributed by atoms with Crippen LogP contribution >= 0.6 is 0 Å². The number of hydrogen-bond donors (Lipinski definition) is 1. The number of carbonyl (C=O) groups is 1. The summed E-state index contributed by atoms with van der Waals surface area (Å²) in [4.78, 5) is 11.6. The lowest BCUT2D eigenvalue weighted by molar-refractivity contribution is -0.149. The Labute approximate surface area is 91.6 Å². The molecule has 0 bridgehead atoms. The van der Waals surface area contributed by atoms with Gasteiger partial charge in [0.1, 0.15) is 0 Å². The van der Waals surface area contributed by atoms with Crippen LogP contribution in [-0.2, 0) is 9.53 Å². The third-order valence-electron chi connectivity index (χ3n) is 3.63. The van der Waals surface area contributed by atoms with Crippen molar-refractivity contribution in [3.05, 3.63) is 0 Å². The summed E-state index contributed by atoms with van der Waals surface area (Å²) in [6.45, 7) is 2.49. The summed E-state index contributed by atoms with van der Waals surface area (Å²) >= 11 is 0. The minimum Gasteiger partial charge on any atom is -0.465 e. The van der Waals surface area contributed by atoms with Gasteiger partial charge in [-0.1, -0.05) is 19.3 Å². The Kier molecular flexibility index (Phi) is 4.01. The lowest BCUT2D eigenvalue weighted by Crippen LogP contribution is -2.35. The number of esters is 1. The van der Waals surface area contributed by atoms with Gasteiger partial charge in [-0.2, -0.15) is 0 Å². The van der Waals surface area contributed by atoms with E-state index in [0.29, 0.717) is 6.61 Å². The first-order chi connectivity index (χ1) is 7.36. The minimum absolute atomic E-state index is 0.0153. The quantitative estimate of drug-likeness (QED) is 0.720. The van der Waals surface area contributed by atoms with Gasteiger partial charge in [0.15, 0.2) is 0 Å². The Morgan fingerprint density at radius 1 is 1.27 bits per heavy atom. The summed E-state index contributed by atoms with van der Waals surface area (Å²) < 4.78 is 5.31. The SMILES string of the molecule is O=C(OCCC1CCC1)C1CCCNC1. The molecule has 3 nitrogen and oxygen atoms in total. The molecule has 1 heterocycles. The van der Waals surface area contributed by atoms with Gasteiger partial charge in [0.25, 0.3) is 0 Å². The second-order valence-electron chi connectivity index (χ2n) is 4.80. The van der Waals surface area contributed by atoms with E-state index in [1.165, 1.54) is 19.3 Å². The number of nitrogens with one attached hydrogen (secondary N) is 1. The summed E-state index contributed by atoms with van der Waals surface area (Å²) in [7, 11) is 0. The van der Waals surface area contributed by atoms with Gasteiger partial charge in [-0.25, -0.2) is 0 Å². The van der Waals surface area contributed by atoms with Crippen LogP contribution in [0.5, 0.6) is 0 Å². The van der Waals surface area contributed by atoms with E-state index < -0.39 is 0 Å². The first-order valence-corrected chi connectivity index (χ1v) is 6.23. The average molecular weight is 211 g/mol. The van der Waals surface area contributed by atoms with Crippen LogP contribution in [0.1, 0.15) is 38.5 Å². The van der Waals surface area contributed by atoms with E-state index in [9.17, 15) is 4.79 Å². The maximum Gasteiger partial charge on any atom is 0.310 e. The molecule has 0 amide bonds.